The Labute approximate surface area is 98.3 Å². The van der Waals surface area contributed by atoms with Gasteiger partial charge in [-0.3, -0.25) is 0 Å². The topological polar surface area (TPSA) is 29.5 Å². The zero-order chi connectivity index (χ0) is 12.2. The van der Waals surface area contributed by atoms with Gasteiger partial charge in [-0.15, -0.1) is 0 Å². The van der Waals surface area contributed by atoms with Gasteiger partial charge in [0.1, 0.15) is 5.75 Å². The fraction of sp³-hybridized carbons (Fsp3) is 0.571. The monoisotopic (exact) mass is 222 g/mol. The Morgan fingerprint density at radius 3 is 2.50 bits per heavy atom. The molecular formula is C14H22O2. The Morgan fingerprint density at radius 1 is 1.31 bits per heavy atom. The number of ether oxygens (including phenoxy) is 1. The van der Waals surface area contributed by atoms with Crippen LogP contribution in [-0.4, -0.2) is 18.3 Å². The van der Waals surface area contributed by atoms with Crippen LogP contribution >= 0.6 is 0 Å². The van der Waals surface area contributed by atoms with Crippen LogP contribution in [0.5, 0.6) is 5.75 Å². The van der Waals surface area contributed by atoms with E-state index in [2.05, 4.69) is 20.8 Å². The molecule has 1 unspecified atom stereocenters. The summed E-state index contributed by atoms with van der Waals surface area (Å²) in [7, 11) is 1.66. The largest absolute Gasteiger partial charge is 0.496 e. The first-order valence-electron chi connectivity index (χ1n) is 5.81. The fourth-order valence-corrected chi connectivity index (χ4v) is 1.59. The number of hydrogen-bond acceptors (Lipinski definition) is 2. The Balaban J connectivity index is 2.80. The molecule has 0 saturated carbocycles. The van der Waals surface area contributed by atoms with Gasteiger partial charge in [-0.1, -0.05) is 39.0 Å². The Kier molecular flexibility index (Phi) is 4.36. The van der Waals surface area contributed by atoms with Crippen molar-refractivity contribution in [2.24, 2.45) is 5.41 Å². The van der Waals surface area contributed by atoms with E-state index in [-0.39, 0.29) is 11.5 Å². The summed E-state index contributed by atoms with van der Waals surface area (Å²) in [5.41, 5.74) is 1.01. The molecule has 1 N–H and O–H groups in total. The van der Waals surface area contributed by atoms with Crippen LogP contribution in [0.2, 0.25) is 0 Å². The summed E-state index contributed by atoms with van der Waals surface area (Å²) in [5.74, 6) is 0.855. The van der Waals surface area contributed by atoms with Gasteiger partial charge in [0.25, 0.3) is 0 Å². The van der Waals surface area contributed by atoms with Crippen molar-refractivity contribution in [2.75, 3.05) is 7.11 Å². The molecule has 0 aliphatic heterocycles. The highest BCUT2D eigenvalue weighted by molar-refractivity contribution is 5.33. The Morgan fingerprint density at radius 2 is 1.94 bits per heavy atom. The average Bonchev–Trinajstić information content (AvgIpc) is 2.29. The minimum absolute atomic E-state index is 0.0547. The standard InChI is InChI=1S/C14H22O2/c1-5-14(2,3)13(15)10-11-8-6-7-9-12(11)16-4/h6-9,13,15H,5,10H2,1-4H3. The van der Waals surface area contributed by atoms with Gasteiger partial charge in [0.15, 0.2) is 0 Å². The smallest absolute Gasteiger partial charge is 0.122 e. The second kappa shape index (κ2) is 5.35. The van der Waals surface area contributed by atoms with Crippen molar-refractivity contribution in [1.82, 2.24) is 0 Å². The van der Waals surface area contributed by atoms with Crippen molar-refractivity contribution in [3.63, 3.8) is 0 Å². The summed E-state index contributed by atoms with van der Waals surface area (Å²) in [5, 5.41) is 10.2. The summed E-state index contributed by atoms with van der Waals surface area (Å²) < 4.78 is 5.28. The number of methoxy groups -OCH3 is 1. The molecule has 0 amide bonds. The maximum absolute atomic E-state index is 10.2. The summed E-state index contributed by atoms with van der Waals surface area (Å²) in [4.78, 5) is 0. The third-order valence-electron chi connectivity index (χ3n) is 3.42. The zero-order valence-corrected chi connectivity index (χ0v) is 10.7. The van der Waals surface area contributed by atoms with Crippen LogP contribution in [0.3, 0.4) is 0 Å². The van der Waals surface area contributed by atoms with E-state index in [0.717, 1.165) is 17.7 Å². The Hall–Kier alpha value is -1.02. The van der Waals surface area contributed by atoms with Crippen LogP contribution in [0.15, 0.2) is 24.3 Å². The molecule has 0 aliphatic carbocycles. The van der Waals surface area contributed by atoms with Crippen LogP contribution in [0.1, 0.15) is 32.8 Å². The lowest BCUT2D eigenvalue weighted by molar-refractivity contribution is 0.0475. The number of benzene rings is 1. The van der Waals surface area contributed by atoms with Crippen molar-refractivity contribution >= 4 is 0 Å². The number of hydrogen-bond donors (Lipinski definition) is 1. The summed E-state index contributed by atoms with van der Waals surface area (Å²) in [6.07, 6.45) is 1.27. The van der Waals surface area contributed by atoms with Gasteiger partial charge in [-0.05, 0) is 23.5 Å². The lowest BCUT2D eigenvalue weighted by Crippen LogP contribution is -2.30. The molecule has 1 rings (SSSR count). The maximum atomic E-state index is 10.2. The van der Waals surface area contributed by atoms with Crippen LogP contribution in [-0.2, 0) is 6.42 Å². The highest BCUT2D eigenvalue weighted by Crippen LogP contribution is 2.29. The summed E-state index contributed by atoms with van der Waals surface area (Å²) in [6, 6.07) is 7.86. The van der Waals surface area contributed by atoms with E-state index in [1.165, 1.54) is 0 Å². The molecule has 1 atom stereocenters. The molecule has 0 aliphatic rings. The number of rotatable bonds is 5. The molecule has 0 fully saturated rings. The summed E-state index contributed by atoms with van der Waals surface area (Å²) >= 11 is 0. The van der Waals surface area contributed by atoms with E-state index < -0.39 is 0 Å². The first kappa shape index (κ1) is 13.0. The fourth-order valence-electron chi connectivity index (χ4n) is 1.59. The SMILES string of the molecule is CCC(C)(C)C(O)Cc1ccccc1OC. The van der Waals surface area contributed by atoms with Crippen molar-refractivity contribution in [1.29, 1.82) is 0 Å². The van der Waals surface area contributed by atoms with Gasteiger partial charge in [0.2, 0.25) is 0 Å². The summed E-state index contributed by atoms with van der Waals surface area (Å²) in [6.45, 7) is 6.28. The first-order chi connectivity index (χ1) is 7.51. The van der Waals surface area contributed by atoms with Crippen LogP contribution < -0.4 is 4.74 Å². The maximum Gasteiger partial charge on any atom is 0.122 e. The van der Waals surface area contributed by atoms with Crippen LogP contribution in [0.4, 0.5) is 0 Å². The third-order valence-corrected chi connectivity index (χ3v) is 3.42. The van der Waals surface area contributed by atoms with Gasteiger partial charge in [-0.25, -0.2) is 0 Å². The van der Waals surface area contributed by atoms with E-state index >= 15 is 0 Å². The van der Waals surface area contributed by atoms with Gasteiger partial charge in [0, 0.05) is 6.42 Å². The first-order valence-corrected chi connectivity index (χ1v) is 5.81. The number of aliphatic hydroxyl groups excluding tert-OH is 1. The van der Waals surface area contributed by atoms with E-state index in [9.17, 15) is 5.11 Å². The molecular weight excluding hydrogens is 200 g/mol. The molecule has 0 heterocycles. The molecule has 2 nitrogen and oxygen atoms in total. The van der Waals surface area contributed by atoms with Crippen molar-refractivity contribution in [2.45, 2.75) is 39.7 Å². The molecule has 90 valence electrons. The lowest BCUT2D eigenvalue weighted by atomic mass is 9.81. The second-order valence-corrected chi connectivity index (χ2v) is 4.87. The van der Waals surface area contributed by atoms with E-state index in [1.807, 2.05) is 24.3 Å². The van der Waals surface area contributed by atoms with Gasteiger partial charge >= 0.3 is 0 Å². The molecule has 0 bridgehead atoms. The van der Waals surface area contributed by atoms with Gasteiger partial charge in [-0.2, -0.15) is 0 Å². The molecule has 0 saturated heterocycles. The van der Waals surface area contributed by atoms with E-state index in [1.54, 1.807) is 7.11 Å². The molecule has 0 radical (unpaired) electrons. The number of para-hydroxylation sites is 1. The molecule has 2 heteroatoms. The van der Waals surface area contributed by atoms with Crippen molar-refractivity contribution < 1.29 is 9.84 Å². The minimum Gasteiger partial charge on any atom is -0.496 e. The zero-order valence-electron chi connectivity index (χ0n) is 10.7. The van der Waals surface area contributed by atoms with Gasteiger partial charge < -0.3 is 9.84 Å². The van der Waals surface area contributed by atoms with Crippen molar-refractivity contribution in [3.05, 3.63) is 29.8 Å². The van der Waals surface area contributed by atoms with Crippen LogP contribution in [0.25, 0.3) is 0 Å². The highest BCUT2D eigenvalue weighted by atomic mass is 16.5. The molecule has 0 aromatic heterocycles. The van der Waals surface area contributed by atoms with Crippen molar-refractivity contribution in [3.8, 4) is 5.75 Å². The van der Waals surface area contributed by atoms with Gasteiger partial charge in [0.05, 0.1) is 13.2 Å². The third kappa shape index (κ3) is 2.99. The molecule has 1 aromatic rings. The molecule has 1 aromatic carbocycles. The van der Waals surface area contributed by atoms with E-state index in [0.29, 0.717) is 6.42 Å². The quantitative estimate of drug-likeness (QED) is 0.829. The van der Waals surface area contributed by atoms with E-state index in [4.69, 9.17) is 4.74 Å². The Bertz CT molecular complexity index is 331. The predicted octanol–water partition coefficient (Wildman–Crippen LogP) is 3.03. The average molecular weight is 222 g/mol. The van der Waals surface area contributed by atoms with Crippen LogP contribution in [0, 0.1) is 5.41 Å². The normalized spacial score (nSPS) is 13.6. The predicted molar refractivity (Wildman–Crippen MR) is 66.8 cm³/mol. The second-order valence-electron chi connectivity index (χ2n) is 4.87. The highest BCUT2D eigenvalue weighted by Gasteiger charge is 2.26. The molecule has 16 heavy (non-hydrogen) atoms. The lowest BCUT2D eigenvalue weighted by Gasteiger charge is -2.29. The molecule has 0 spiro atoms. The number of aliphatic hydroxyl groups is 1. The minimum atomic E-state index is -0.339.